The predicted molar refractivity (Wildman–Crippen MR) is 212 cm³/mol. The number of fused-ring (bicyclic) bond motifs is 6. The van der Waals surface area contributed by atoms with Crippen LogP contribution >= 0.6 is 12.0 Å². The fourth-order valence-corrected chi connectivity index (χ4v) is 8.89. The molecule has 0 amide bonds. The molecule has 0 aromatic heterocycles. The molecule has 0 aliphatic carbocycles. The van der Waals surface area contributed by atoms with Crippen molar-refractivity contribution in [3.05, 3.63) is 101 Å². The van der Waals surface area contributed by atoms with Gasteiger partial charge in [-0.05, 0) is 103 Å². The summed E-state index contributed by atoms with van der Waals surface area (Å²) in [5.74, 6) is 0. The Labute approximate surface area is 303 Å². The zero-order valence-corrected chi connectivity index (χ0v) is 32.3. The third-order valence-corrected chi connectivity index (χ3v) is 11.4. The number of rotatable bonds is 12. The Balaban J connectivity index is 1.37. The molecule has 0 bridgehead atoms. The van der Waals surface area contributed by atoms with Crippen LogP contribution in [0.2, 0.25) is 0 Å². The molecule has 4 aromatic carbocycles. The minimum atomic E-state index is -0.206. The summed E-state index contributed by atoms with van der Waals surface area (Å²) in [5.41, 5.74) is 9.42. The Kier molecular flexibility index (Phi) is 10.4. The molecular weight excluding hydrogens is 637 g/mol. The second-order valence-electron chi connectivity index (χ2n) is 16.4. The first-order chi connectivity index (χ1) is 23.8. The Morgan fingerprint density at radius 2 is 1.54 bits per heavy atom. The van der Waals surface area contributed by atoms with E-state index in [1.807, 2.05) is 6.07 Å². The summed E-state index contributed by atoms with van der Waals surface area (Å²) >= 11 is 1.00. The molecule has 2 heterocycles. The third kappa shape index (κ3) is 6.92. The lowest BCUT2D eigenvalue weighted by Gasteiger charge is -2.26. The van der Waals surface area contributed by atoms with Crippen molar-refractivity contribution in [1.82, 2.24) is 0 Å². The monoisotopic (exact) mass is 691 g/mol. The van der Waals surface area contributed by atoms with Crippen LogP contribution in [0.25, 0.3) is 21.5 Å². The number of hydrogen-bond acceptors (Lipinski definition) is 5. The number of anilines is 1. The summed E-state index contributed by atoms with van der Waals surface area (Å²) in [5, 5.41) is 17.6. The second-order valence-corrected chi connectivity index (χ2v) is 17.2. The molecule has 0 atom stereocenters. The minimum Gasteiger partial charge on any atom is -0.344 e. The van der Waals surface area contributed by atoms with Crippen LogP contribution in [0, 0.1) is 12.3 Å². The molecule has 1 N–H and O–H groups in total. The maximum atomic E-state index is 8.68. The standard InChI is InChI=1S/C44H54N2O3S/c1-10-45-36-24-19-31-28-30(2)18-22-34(31)40(36)43(6,7)38(45)16-15-17-39-44(8,9)41-35-23-21-33(50-49-48-47)29-32(35)20-25-37(41)46(39)27-14-12-11-13-26-42(3,4)5/h15-25,28-29H,10-14,26-27H2,1-9H3/p+1. The number of allylic oxidation sites excluding steroid dienone is 4. The van der Waals surface area contributed by atoms with Crippen LogP contribution < -0.4 is 4.90 Å². The summed E-state index contributed by atoms with van der Waals surface area (Å²) < 4.78 is 7.32. The second kappa shape index (κ2) is 14.3. The summed E-state index contributed by atoms with van der Waals surface area (Å²) in [7, 11) is 0. The average molecular weight is 692 g/mol. The topological polar surface area (TPSA) is 44.9 Å². The van der Waals surface area contributed by atoms with Crippen molar-refractivity contribution in [2.75, 3.05) is 18.0 Å². The summed E-state index contributed by atoms with van der Waals surface area (Å²) in [6.45, 7) is 22.9. The van der Waals surface area contributed by atoms with Crippen LogP contribution in [0.3, 0.4) is 0 Å². The minimum absolute atomic E-state index is 0.132. The van der Waals surface area contributed by atoms with Gasteiger partial charge in [0.05, 0.1) is 17.5 Å². The van der Waals surface area contributed by atoms with E-state index in [2.05, 4.69) is 150 Å². The SMILES string of the molecule is CCN1/C(=C/C=C/C2=[N+](CCCCCCC(C)(C)C)c3ccc4cc(SOOO)ccc4c3C2(C)C)C(C)(C)c2c1ccc1cc(C)ccc21. The lowest BCUT2D eigenvalue weighted by molar-refractivity contribution is -0.438. The first-order valence-electron chi connectivity index (χ1n) is 18.3. The Morgan fingerprint density at radius 3 is 2.28 bits per heavy atom. The van der Waals surface area contributed by atoms with E-state index < -0.39 is 0 Å². The van der Waals surface area contributed by atoms with Gasteiger partial charge in [-0.3, -0.25) is 0 Å². The molecule has 2 aliphatic rings. The maximum Gasteiger partial charge on any atom is 0.210 e. The molecule has 2 aliphatic heterocycles. The average Bonchev–Trinajstić information content (AvgIpc) is 3.42. The van der Waals surface area contributed by atoms with Gasteiger partial charge in [0.2, 0.25) is 5.69 Å². The van der Waals surface area contributed by atoms with Gasteiger partial charge in [-0.25, -0.2) is 5.26 Å². The highest BCUT2D eigenvalue weighted by Crippen LogP contribution is 2.51. The fourth-order valence-electron chi connectivity index (χ4n) is 8.48. The number of benzene rings is 4. The lowest BCUT2D eigenvalue weighted by atomic mass is 9.79. The summed E-state index contributed by atoms with van der Waals surface area (Å²) in [4.78, 5) is 3.37. The summed E-state index contributed by atoms with van der Waals surface area (Å²) in [6.07, 6.45) is 13.3. The van der Waals surface area contributed by atoms with E-state index in [0.29, 0.717) is 5.41 Å². The smallest absolute Gasteiger partial charge is 0.210 e. The summed E-state index contributed by atoms with van der Waals surface area (Å²) in [6, 6.07) is 22.3. The van der Waals surface area contributed by atoms with Gasteiger partial charge in [0.25, 0.3) is 0 Å². The zero-order chi connectivity index (χ0) is 35.8. The van der Waals surface area contributed by atoms with E-state index in [9.17, 15) is 0 Å². The Hall–Kier alpha value is -3.42. The molecule has 0 saturated heterocycles. The number of hydrogen-bond donors (Lipinski definition) is 1. The number of unbranched alkanes of at least 4 members (excludes halogenated alkanes) is 3. The molecule has 0 spiro atoms. The van der Waals surface area contributed by atoms with E-state index in [0.717, 1.165) is 41.8 Å². The molecular formula is C44H55N2O3S+. The van der Waals surface area contributed by atoms with Crippen molar-refractivity contribution in [2.24, 2.45) is 5.41 Å². The Morgan fingerprint density at radius 1 is 0.840 bits per heavy atom. The maximum absolute atomic E-state index is 8.68. The molecule has 6 heteroatoms. The number of aryl methyl sites for hydroxylation is 1. The molecule has 4 aromatic rings. The largest absolute Gasteiger partial charge is 0.344 e. The van der Waals surface area contributed by atoms with Crippen LogP contribution in [0.4, 0.5) is 11.4 Å². The highest BCUT2D eigenvalue weighted by molar-refractivity contribution is 7.94. The molecule has 50 heavy (non-hydrogen) atoms. The predicted octanol–water partition coefficient (Wildman–Crippen LogP) is 12.4. The first-order valence-corrected chi connectivity index (χ1v) is 19.1. The molecule has 0 radical (unpaired) electrons. The van der Waals surface area contributed by atoms with Crippen molar-refractivity contribution < 1.29 is 19.2 Å². The van der Waals surface area contributed by atoms with E-state index in [4.69, 9.17) is 9.59 Å². The first kappa shape index (κ1) is 36.4. The van der Waals surface area contributed by atoms with Crippen molar-refractivity contribution >= 4 is 50.7 Å². The van der Waals surface area contributed by atoms with E-state index in [1.54, 1.807) is 0 Å². The molecule has 0 saturated carbocycles. The van der Waals surface area contributed by atoms with Gasteiger partial charge >= 0.3 is 0 Å². The number of likely N-dealkylation sites (N-methyl/N-ethyl adjacent to an activating group) is 1. The van der Waals surface area contributed by atoms with Gasteiger partial charge < -0.3 is 4.90 Å². The number of nitrogens with zero attached hydrogens (tertiary/aromatic N) is 2. The highest BCUT2D eigenvalue weighted by Gasteiger charge is 2.45. The van der Waals surface area contributed by atoms with Crippen LogP contribution in [-0.4, -0.2) is 28.6 Å². The van der Waals surface area contributed by atoms with Crippen molar-refractivity contribution in [2.45, 2.75) is 110 Å². The van der Waals surface area contributed by atoms with Gasteiger partial charge in [0.1, 0.15) is 6.54 Å². The fraction of sp³-hybridized carbons (Fsp3) is 0.432. The van der Waals surface area contributed by atoms with Crippen LogP contribution in [0.15, 0.2) is 89.5 Å². The van der Waals surface area contributed by atoms with Crippen LogP contribution in [-0.2, 0) is 20.2 Å². The highest BCUT2D eigenvalue weighted by atomic mass is 32.2. The van der Waals surface area contributed by atoms with E-state index >= 15 is 0 Å². The van der Waals surface area contributed by atoms with Gasteiger partial charge in [0, 0.05) is 52.4 Å². The molecule has 6 rings (SSSR count). The van der Waals surface area contributed by atoms with Gasteiger partial charge in [-0.15, -0.1) is 4.33 Å². The van der Waals surface area contributed by atoms with Crippen molar-refractivity contribution in [3.63, 3.8) is 0 Å². The van der Waals surface area contributed by atoms with E-state index in [-0.39, 0.29) is 10.8 Å². The lowest BCUT2D eigenvalue weighted by Crippen LogP contribution is -2.28. The molecule has 5 nitrogen and oxygen atoms in total. The zero-order valence-electron chi connectivity index (χ0n) is 31.5. The van der Waals surface area contributed by atoms with Crippen LogP contribution in [0.5, 0.6) is 0 Å². The van der Waals surface area contributed by atoms with Crippen molar-refractivity contribution in [1.29, 1.82) is 0 Å². The third-order valence-electron chi connectivity index (χ3n) is 10.9. The van der Waals surface area contributed by atoms with Crippen molar-refractivity contribution in [3.8, 4) is 0 Å². The van der Waals surface area contributed by atoms with E-state index in [1.165, 1.54) is 81.3 Å². The quantitative estimate of drug-likeness (QED) is 0.0527. The molecule has 0 fully saturated rings. The van der Waals surface area contributed by atoms with Crippen LogP contribution in [0.1, 0.15) is 104 Å². The molecule has 0 unspecified atom stereocenters. The van der Waals surface area contributed by atoms with Gasteiger partial charge in [0.15, 0.2) is 5.71 Å². The molecule has 264 valence electrons. The normalized spacial score (nSPS) is 17.6. The van der Waals surface area contributed by atoms with Gasteiger partial charge in [-0.2, -0.15) is 4.58 Å². The Bertz CT molecular complexity index is 2000. The van der Waals surface area contributed by atoms with Gasteiger partial charge in [-0.1, -0.05) is 94.5 Å².